The molecule has 0 aliphatic rings. The number of H-pyrrole nitrogens is 1. The van der Waals surface area contributed by atoms with Crippen molar-refractivity contribution >= 4 is 39.8 Å². The number of para-hydroxylation sites is 1. The number of fused-ring (bicyclic) bond motifs is 1. The molecule has 3 N–H and O–H groups in total. The van der Waals surface area contributed by atoms with Crippen LogP contribution < -0.4 is 10.6 Å². The molecule has 1 amide bonds. The first-order chi connectivity index (χ1) is 16.1. The smallest absolute Gasteiger partial charge is 0.276 e. The minimum absolute atomic E-state index is 0.211. The summed E-state index contributed by atoms with van der Waals surface area (Å²) < 4.78 is 0. The van der Waals surface area contributed by atoms with Crippen LogP contribution in [0, 0.1) is 0 Å². The van der Waals surface area contributed by atoms with E-state index < -0.39 is 0 Å². The lowest BCUT2D eigenvalue weighted by Crippen LogP contribution is -2.31. The first-order valence-electron chi connectivity index (χ1n) is 10.5. The summed E-state index contributed by atoms with van der Waals surface area (Å²) in [6, 6.07) is 26.9. The Morgan fingerprint density at radius 3 is 2.36 bits per heavy atom. The lowest BCUT2D eigenvalue weighted by Gasteiger charge is -2.23. The number of hydrogen-bond acceptors (Lipinski definition) is 3. The number of carbonyl (C=O) groups is 1. The van der Waals surface area contributed by atoms with Crippen molar-refractivity contribution in [3.05, 3.63) is 114 Å². The van der Waals surface area contributed by atoms with Crippen molar-refractivity contribution in [2.24, 2.45) is 0 Å². The molecular weight excluding hydrogens is 432 g/mol. The van der Waals surface area contributed by atoms with Gasteiger partial charge in [0.15, 0.2) is 0 Å². The van der Waals surface area contributed by atoms with Gasteiger partial charge in [0.1, 0.15) is 5.69 Å². The molecule has 0 fully saturated rings. The van der Waals surface area contributed by atoms with E-state index in [0.717, 1.165) is 33.3 Å². The summed E-state index contributed by atoms with van der Waals surface area (Å²) in [5.41, 5.74) is 11.5. The molecule has 0 spiro atoms. The lowest BCUT2D eigenvalue weighted by atomic mass is 10.1. The Kier molecular flexibility index (Phi) is 5.55. The molecule has 2 aromatic heterocycles. The van der Waals surface area contributed by atoms with Gasteiger partial charge < -0.3 is 15.6 Å². The fourth-order valence-electron chi connectivity index (χ4n) is 3.84. The van der Waals surface area contributed by atoms with Gasteiger partial charge in [0.2, 0.25) is 0 Å². The highest BCUT2D eigenvalue weighted by Gasteiger charge is 2.24. The minimum atomic E-state index is -0.211. The second-order valence-electron chi connectivity index (χ2n) is 7.78. The molecule has 162 valence electrons. The van der Waals surface area contributed by atoms with Crippen molar-refractivity contribution in [1.29, 1.82) is 0 Å². The number of nitrogens with one attached hydrogen (secondary N) is 1. The van der Waals surface area contributed by atoms with E-state index in [0.29, 0.717) is 22.9 Å². The van der Waals surface area contributed by atoms with Gasteiger partial charge in [-0.3, -0.25) is 9.78 Å². The third-order valence-electron chi connectivity index (χ3n) is 5.60. The van der Waals surface area contributed by atoms with Crippen molar-refractivity contribution in [3.63, 3.8) is 0 Å². The number of nitrogen functional groups attached to an aromatic ring is 1. The molecule has 6 heteroatoms. The molecule has 33 heavy (non-hydrogen) atoms. The zero-order valence-corrected chi connectivity index (χ0v) is 18.5. The maximum Gasteiger partial charge on any atom is 0.276 e. The monoisotopic (exact) mass is 452 g/mol. The Bertz CT molecular complexity index is 1410. The molecule has 2 heterocycles. The molecule has 3 aromatic carbocycles. The van der Waals surface area contributed by atoms with E-state index in [4.69, 9.17) is 17.3 Å². The first-order valence-corrected chi connectivity index (χ1v) is 10.9. The largest absolute Gasteiger partial charge is 0.399 e. The third kappa shape index (κ3) is 4.19. The SMILES string of the molecule is Nc1ccc(N(Cc2ccc(-c3cccnc3)cc2)C(=O)c2[nH]c3ccccc3c2Cl)cc1. The fourth-order valence-corrected chi connectivity index (χ4v) is 4.14. The van der Waals surface area contributed by atoms with Crippen LogP contribution in [-0.4, -0.2) is 15.9 Å². The van der Waals surface area contributed by atoms with E-state index in [1.165, 1.54) is 0 Å². The van der Waals surface area contributed by atoms with Gasteiger partial charge in [-0.1, -0.05) is 60.1 Å². The van der Waals surface area contributed by atoms with Crippen LogP contribution in [0.1, 0.15) is 16.1 Å². The Morgan fingerprint density at radius 1 is 0.909 bits per heavy atom. The zero-order valence-electron chi connectivity index (χ0n) is 17.7. The molecule has 0 radical (unpaired) electrons. The predicted molar refractivity (Wildman–Crippen MR) is 134 cm³/mol. The maximum absolute atomic E-state index is 13.7. The van der Waals surface area contributed by atoms with Gasteiger partial charge >= 0.3 is 0 Å². The second-order valence-corrected chi connectivity index (χ2v) is 8.16. The molecule has 0 unspecified atom stereocenters. The summed E-state index contributed by atoms with van der Waals surface area (Å²) in [6.45, 7) is 0.377. The number of amides is 1. The molecule has 0 atom stereocenters. The van der Waals surface area contributed by atoms with Crippen LogP contribution in [-0.2, 0) is 6.54 Å². The van der Waals surface area contributed by atoms with Crippen molar-refractivity contribution in [3.8, 4) is 11.1 Å². The van der Waals surface area contributed by atoms with E-state index in [2.05, 4.69) is 9.97 Å². The number of aromatic amines is 1. The Morgan fingerprint density at radius 2 is 1.67 bits per heavy atom. The molecule has 0 saturated carbocycles. The molecule has 5 rings (SSSR count). The average Bonchev–Trinajstić information content (AvgIpc) is 3.20. The summed E-state index contributed by atoms with van der Waals surface area (Å²) in [5.74, 6) is -0.211. The highest BCUT2D eigenvalue weighted by atomic mass is 35.5. The topological polar surface area (TPSA) is 75.0 Å². The first kappa shape index (κ1) is 20.8. The van der Waals surface area contributed by atoms with Crippen LogP contribution in [0.25, 0.3) is 22.0 Å². The van der Waals surface area contributed by atoms with E-state index in [9.17, 15) is 4.79 Å². The van der Waals surface area contributed by atoms with E-state index >= 15 is 0 Å². The van der Waals surface area contributed by atoms with Crippen molar-refractivity contribution < 1.29 is 4.79 Å². The van der Waals surface area contributed by atoms with Gasteiger partial charge in [-0.25, -0.2) is 0 Å². The molecule has 0 aliphatic carbocycles. The number of pyridine rings is 1. The lowest BCUT2D eigenvalue weighted by molar-refractivity contribution is 0.0981. The van der Waals surface area contributed by atoms with Gasteiger partial charge in [0, 0.05) is 34.7 Å². The van der Waals surface area contributed by atoms with Gasteiger partial charge in [0.25, 0.3) is 5.91 Å². The van der Waals surface area contributed by atoms with Gasteiger partial charge in [0.05, 0.1) is 11.6 Å². The zero-order chi connectivity index (χ0) is 22.8. The van der Waals surface area contributed by atoms with E-state index in [1.807, 2.05) is 79.0 Å². The van der Waals surface area contributed by atoms with Crippen molar-refractivity contribution in [1.82, 2.24) is 9.97 Å². The quantitative estimate of drug-likeness (QED) is 0.307. The number of nitrogens with zero attached hydrogens (tertiary/aromatic N) is 2. The number of aromatic nitrogens is 2. The van der Waals surface area contributed by atoms with Crippen LogP contribution in [0.4, 0.5) is 11.4 Å². The summed E-state index contributed by atoms with van der Waals surface area (Å²) in [5, 5.41) is 1.24. The van der Waals surface area contributed by atoms with Crippen LogP contribution >= 0.6 is 11.6 Å². The number of rotatable bonds is 5. The Hall–Kier alpha value is -4.09. The molecule has 0 saturated heterocycles. The third-order valence-corrected chi connectivity index (χ3v) is 5.99. The summed E-state index contributed by atoms with van der Waals surface area (Å²) in [6.07, 6.45) is 3.58. The van der Waals surface area contributed by atoms with Gasteiger partial charge in [-0.15, -0.1) is 0 Å². The minimum Gasteiger partial charge on any atom is -0.399 e. The Labute approximate surface area is 196 Å². The number of carbonyl (C=O) groups excluding carboxylic acids is 1. The van der Waals surface area contributed by atoms with Crippen molar-refractivity contribution in [2.45, 2.75) is 6.54 Å². The Balaban J connectivity index is 1.50. The number of hydrogen-bond donors (Lipinski definition) is 2. The fraction of sp³-hybridized carbons (Fsp3) is 0.0370. The normalized spacial score (nSPS) is 10.9. The standard InChI is InChI=1S/C27H21ClN4O/c28-25-23-5-1-2-6-24(23)31-26(25)27(33)32(22-13-11-21(29)12-14-22)17-18-7-9-19(10-8-18)20-4-3-15-30-16-20/h1-16,31H,17,29H2. The highest BCUT2D eigenvalue weighted by molar-refractivity contribution is 6.39. The summed E-state index contributed by atoms with van der Waals surface area (Å²) >= 11 is 6.60. The van der Waals surface area contributed by atoms with Crippen LogP contribution in [0.15, 0.2) is 97.3 Å². The molecule has 0 aliphatic heterocycles. The average molecular weight is 453 g/mol. The number of benzene rings is 3. The summed E-state index contributed by atoms with van der Waals surface area (Å²) in [4.78, 5) is 22.8. The second kappa shape index (κ2) is 8.81. The number of nitrogens with two attached hydrogens (primary N) is 1. The molecule has 5 aromatic rings. The predicted octanol–water partition coefficient (Wildman–Crippen LogP) is 6.31. The van der Waals surface area contributed by atoms with Crippen LogP contribution in [0.2, 0.25) is 5.02 Å². The molecular formula is C27H21ClN4O. The van der Waals surface area contributed by atoms with E-state index in [1.54, 1.807) is 23.2 Å². The summed E-state index contributed by atoms with van der Waals surface area (Å²) in [7, 11) is 0. The van der Waals surface area contributed by atoms with Gasteiger partial charge in [-0.05, 0) is 53.1 Å². The molecule has 0 bridgehead atoms. The van der Waals surface area contributed by atoms with Crippen LogP contribution in [0.3, 0.4) is 0 Å². The number of anilines is 2. The number of halogens is 1. The van der Waals surface area contributed by atoms with E-state index in [-0.39, 0.29) is 5.91 Å². The van der Waals surface area contributed by atoms with Gasteiger partial charge in [-0.2, -0.15) is 0 Å². The van der Waals surface area contributed by atoms with Crippen molar-refractivity contribution in [2.75, 3.05) is 10.6 Å². The highest BCUT2D eigenvalue weighted by Crippen LogP contribution is 2.30. The maximum atomic E-state index is 13.7. The molecule has 5 nitrogen and oxygen atoms in total. The van der Waals surface area contributed by atoms with Crippen LogP contribution in [0.5, 0.6) is 0 Å².